The van der Waals surface area contributed by atoms with Crippen LogP contribution in [0.5, 0.6) is 0 Å². The van der Waals surface area contributed by atoms with Crippen LogP contribution in [0.3, 0.4) is 0 Å². The molecule has 3 heteroatoms. The Morgan fingerprint density at radius 1 is 1.04 bits per heavy atom. The molecule has 4 rings (SSSR count). The van der Waals surface area contributed by atoms with Gasteiger partial charge in [0.15, 0.2) is 0 Å². The number of Topliss-reactive ketones (excluding diaryl/α,β-unsaturated/α-hetero) is 1. The van der Waals surface area contributed by atoms with Crippen LogP contribution in [0, 0.1) is 34.5 Å². The first-order chi connectivity index (χ1) is 12.3. The van der Waals surface area contributed by atoms with Crippen LogP contribution in [0.4, 0.5) is 0 Å². The van der Waals surface area contributed by atoms with Gasteiger partial charge >= 0.3 is 5.97 Å². The molecule has 0 heterocycles. The first-order valence-electron chi connectivity index (χ1n) is 10.6. The van der Waals surface area contributed by atoms with E-state index in [9.17, 15) is 9.59 Å². The summed E-state index contributed by atoms with van der Waals surface area (Å²) in [6.45, 7) is 8.21. The quantitative estimate of drug-likeness (QED) is 0.510. The summed E-state index contributed by atoms with van der Waals surface area (Å²) in [4.78, 5) is 23.6. The SMILES string of the molecule is CC(=O)O[C@H]1CC[C@@]2(C)C(=CC[C@H]3[C@H]2CC[C@]2(C)[C@H](C(C)=O)CC[C@@H]32)C1. The fourth-order valence-electron chi connectivity index (χ4n) is 7.63. The molecule has 7 atom stereocenters. The predicted octanol–water partition coefficient (Wildman–Crippen LogP) is 5.09. The van der Waals surface area contributed by atoms with Gasteiger partial charge < -0.3 is 4.74 Å². The lowest BCUT2D eigenvalue weighted by Gasteiger charge is -2.58. The number of ether oxygens (including phenoxy) is 1. The molecule has 4 aliphatic rings. The van der Waals surface area contributed by atoms with Crippen LogP contribution in [0.2, 0.25) is 0 Å². The van der Waals surface area contributed by atoms with Crippen LogP contribution in [-0.4, -0.2) is 17.9 Å². The van der Waals surface area contributed by atoms with Gasteiger partial charge in [-0.05, 0) is 80.5 Å². The molecule has 0 aliphatic heterocycles. The molecule has 3 fully saturated rings. The summed E-state index contributed by atoms with van der Waals surface area (Å²) in [6, 6.07) is 0. The highest BCUT2D eigenvalue weighted by atomic mass is 16.5. The summed E-state index contributed by atoms with van der Waals surface area (Å²) >= 11 is 0. The summed E-state index contributed by atoms with van der Waals surface area (Å²) in [6.07, 6.45) is 11.6. The molecule has 26 heavy (non-hydrogen) atoms. The summed E-state index contributed by atoms with van der Waals surface area (Å²) in [5, 5.41) is 0. The van der Waals surface area contributed by atoms with Crippen molar-refractivity contribution in [2.24, 2.45) is 34.5 Å². The van der Waals surface area contributed by atoms with E-state index in [1.807, 2.05) is 0 Å². The maximum atomic E-state index is 12.2. The van der Waals surface area contributed by atoms with Crippen molar-refractivity contribution < 1.29 is 14.3 Å². The highest BCUT2D eigenvalue weighted by Crippen LogP contribution is 2.66. The smallest absolute Gasteiger partial charge is 0.302 e. The van der Waals surface area contributed by atoms with E-state index in [4.69, 9.17) is 4.74 Å². The molecule has 0 unspecified atom stereocenters. The summed E-state index contributed by atoms with van der Waals surface area (Å²) < 4.78 is 5.53. The van der Waals surface area contributed by atoms with Crippen molar-refractivity contribution in [3.05, 3.63) is 11.6 Å². The predicted molar refractivity (Wildman–Crippen MR) is 101 cm³/mol. The zero-order valence-corrected chi connectivity index (χ0v) is 16.8. The third-order valence-corrected chi connectivity index (χ3v) is 8.88. The molecular weight excluding hydrogens is 324 g/mol. The van der Waals surface area contributed by atoms with Gasteiger partial charge in [-0.1, -0.05) is 25.5 Å². The average Bonchev–Trinajstić information content (AvgIpc) is 2.92. The minimum atomic E-state index is -0.150. The van der Waals surface area contributed by atoms with Crippen LogP contribution in [0.15, 0.2) is 11.6 Å². The van der Waals surface area contributed by atoms with Gasteiger partial charge in [-0.2, -0.15) is 0 Å². The molecule has 144 valence electrons. The number of carbonyl (C=O) groups is 2. The number of rotatable bonds is 2. The highest BCUT2D eigenvalue weighted by Gasteiger charge is 2.59. The number of carbonyl (C=O) groups excluding carboxylic acids is 2. The number of fused-ring (bicyclic) bond motifs is 5. The Balaban J connectivity index is 1.59. The number of esters is 1. The van der Waals surface area contributed by atoms with E-state index in [2.05, 4.69) is 19.9 Å². The van der Waals surface area contributed by atoms with Gasteiger partial charge in [-0.25, -0.2) is 0 Å². The number of hydrogen-bond acceptors (Lipinski definition) is 3. The van der Waals surface area contributed by atoms with Crippen molar-refractivity contribution >= 4 is 11.8 Å². The van der Waals surface area contributed by atoms with Crippen molar-refractivity contribution in [1.82, 2.24) is 0 Å². The number of hydrogen-bond donors (Lipinski definition) is 0. The molecule has 0 radical (unpaired) electrons. The van der Waals surface area contributed by atoms with Crippen molar-refractivity contribution in [2.45, 2.75) is 85.2 Å². The summed E-state index contributed by atoms with van der Waals surface area (Å²) in [5.41, 5.74) is 2.04. The van der Waals surface area contributed by atoms with E-state index < -0.39 is 0 Å². The van der Waals surface area contributed by atoms with E-state index in [1.54, 1.807) is 12.5 Å². The van der Waals surface area contributed by atoms with E-state index in [0.29, 0.717) is 11.7 Å². The third-order valence-electron chi connectivity index (χ3n) is 8.88. The van der Waals surface area contributed by atoms with Gasteiger partial charge in [0, 0.05) is 19.3 Å². The molecule has 3 saturated carbocycles. The zero-order valence-electron chi connectivity index (χ0n) is 16.8. The maximum Gasteiger partial charge on any atom is 0.302 e. The molecule has 0 aromatic carbocycles. The zero-order chi connectivity index (χ0) is 18.7. The molecule has 0 aromatic rings. The van der Waals surface area contributed by atoms with Crippen LogP contribution < -0.4 is 0 Å². The van der Waals surface area contributed by atoms with E-state index in [1.165, 1.54) is 26.2 Å². The molecule has 0 bridgehead atoms. The van der Waals surface area contributed by atoms with Crippen LogP contribution in [0.25, 0.3) is 0 Å². The maximum absolute atomic E-state index is 12.2. The largest absolute Gasteiger partial charge is 0.462 e. The van der Waals surface area contributed by atoms with Gasteiger partial charge in [0.2, 0.25) is 0 Å². The molecule has 0 spiro atoms. The molecular formula is C23H34O3. The third kappa shape index (κ3) is 2.60. The lowest BCUT2D eigenvalue weighted by molar-refractivity contribution is -0.149. The average molecular weight is 359 g/mol. The Morgan fingerprint density at radius 2 is 1.81 bits per heavy atom. The van der Waals surface area contributed by atoms with E-state index in [-0.39, 0.29) is 28.8 Å². The van der Waals surface area contributed by atoms with Crippen LogP contribution >= 0.6 is 0 Å². The van der Waals surface area contributed by atoms with Gasteiger partial charge in [-0.15, -0.1) is 0 Å². The molecule has 4 aliphatic carbocycles. The standard InChI is InChI=1S/C23H34O3/c1-14(24)19-7-8-20-18-6-5-16-13-17(26-15(2)25)9-11-22(16,3)21(18)10-12-23(19,20)4/h5,17-21H,6-13H2,1-4H3/t17-,18+,19-,20-,21+,22-,23+/m0/s1. The van der Waals surface area contributed by atoms with E-state index in [0.717, 1.165) is 43.9 Å². The normalized spacial score (nSPS) is 47.2. The van der Waals surface area contributed by atoms with Gasteiger partial charge in [-0.3, -0.25) is 9.59 Å². The van der Waals surface area contributed by atoms with Gasteiger partial charge in [0.1, 0.15) is 11.9 Å². The number of ketones is 1. The molecule has 0 N–H and O–H groups in total. The Kier molecular flexibility index (Phi) is 4.36. The first-order valence-corrected chi connectivity index (χ1v) is 10.6. The minimum Gasteiger partial charge on any atom is -0.462 e. The summed E-state index contributed by atoms with van der Waals surface area (Å²) in [5.74, 6) is 2.72. The molecule has 0 saturated heterocycles. The van der Waals surface area contributed by atoms with Crippen molar-refractivity contribution in [1.29, 1.82) is 0 Å². The van der Waals surface area contributed by atoms with Gasteiger partial charge in [0.05, 0.1) is 0 Å². The second-order valence-corrected chi connectivity index (χ2v) is 10.0. The monoisotopic (exact) mass is 358 g/mol. The molecule has 0 amide bonds. The molecule has 3 nitrogen and oxygen atoms in total. The highest BCUT2D eigenvalue weighted by molar-refractivity contribution is 5.79. The Labute approximate surface area is 157 Å². The summed E-state index contributed by atoms with van der Waals surface area (Å²) in [7, 11) is 0. The van der Waals surface area contributed by atoms with E-state index >= 15 is 0 Å². The Morgan fingerprint density at radius 3 is 2.50 bits per heavy atom. The van der Waals surface area contributed by atoms with Crippen molar-refractivity contribution in [2.75, 3.05) is 0 Å². The van der Waals surface area contributed by atoms with Gasteiger partial charge in [0.25, 0.3) is 0 Å². The topological polar surface area (TPSA) is 43.4 Å². The second kappa shape index (κ2) is 6.21. The fraction of sp³-hybridized carbons (Fsp3) is 0.826. The lowest BCUT2D eigenvalue weighted by Crippen LogP contribution is -2.51. The van der Waals surface area contributed by atoms with Crippen LogP contribution in [-0.2, 0) is 14.3 Å². The van der Waals surface area contributed by atoms with Crippen molar-refractivity contribution in [3.8, 4) is 0 Å². The Hall–Kier alpha value is -1.12. The van der Waals surface area contributed by atoms with Crippen LogP contribution in [0.1, 0.15) is 79.1 Å². The second-order valence-electron chi connectivity index (χ2n) is 10.0. The van der Waals surface area contributed by atoms with Crippen molar-refractivity contribution in [3.63, 3.8) is 0 Å². The number of allylic oxidation sites excluding steroid dienone is 1. The fourth-order valence-corrected chi connectivity index (χ4v) is 7.63. The Bertz CT molecular complexity index is 650. The first kappa shape index (κ1) is 18.3. The lowest BCUT2D eigenvalue weighted by atomic mass is 9.47. The minimum absolute atomic E-state index is 0.0748. The molecule has 0 aromatic heterocycles.